The Morgan fingerprint density at radius 2 is 2.08 bits per heavy atom. The maximum atomic E-state index is 12.6. The first-order chi connectivity index (χ1) is 12.3. The number of anilines is 1. The summed E-state index contributed by atoms with van der Waals surface area (Å²) in [6.07, 6.45) is 6.23. The molecule has 0 aliphatic carbocycles. The van der Waals surface area contributed by atoms with Crippen LogP contribution in [-0.4, -0.2) is 41.6 Å². The minimum absolute atomic E-state index is 0.0264. The van der Waals surface area contributed by atoms with E-state index in [0.29, 0.717) is 19.0 Å². The Morgan fingerprint density at radius 3 is 2.92 bits per heavy atom. The monoisotopic (exact) mass is 338 g/mol. The Kier molecular flexibility index (Phi) is 4.50. The normalized spacial score (nSPS) is 22.2. The average Bonchev–Trinajstić information content (AvgIpc) is 3.10. The number of hydrogen-bond acceptors (Lipinski definition) is 5. The van der Waals surface area contributed by atoms with Crippen LogP contribution in [0.5, 0.6) is 5.75 Å². The fourth-order valence-corrected chi connectivity index (χ4v) is 3.55. The molecule has 0 spiro atoms. The maximum absolute atomic E-state index is 12.6. The Labute approximate surface area is 147 Å². The van der Waals surface area contributed by atoms with Crippen molar-refractivity contribution < 1.29 is 9.53 Å². The first-order valence-corrected chi connectivity index (χ1v) is 8.84. The zero-order chi connectivity index (χ0) is 17.1. The van der Waals surface area contributed by atoms with Crippen LogP contribution in [-0.2, 0) is 11.2 Å². The number of amides is 1. The maximum Gasteiger partial charge on any atom is 0.225 e. The summed E-state index contributed by atoms with van der Waals surface area (Å²) in [7, 11) is 0. The van der Waals surface area contributed by atoms with E-state index in [2.05, 4.69) is 26.3 Å². The van der Waals surface area contributed by atoms with Crippen molar-refractivity contribution in [2.75, 3.05) is 24.5 Å². The SMILES string of the molecule is O=C(NC[C@@H]1Cc2ccccc2O1)[C@@H]1CCCN(c2ncccn2)C1. The molecule has 130 valence electrons. The number of carbonyl (C=O) groups is 1. The van der Waals surface area contributed by atoms with Gasteiger partial charge in [0.15, 0.2) is 0 Å². The Bertz CT molecular complexity index is 712. The van der Waals surface area contributed by atoms with Crippen molar-refractivity contribution in [3.05, 3.63) is 48.3 Å². The summed E-state index contributed by atoms with van der Waals surface area (Å²) in [6, 6.07) is 9.86. The lowest BCUT2D eigenvalue weighted by Gasteiger charge is -2.32. The van der Waals surface area contributed by atoms with Crippen molar-refractivity contribution in [2.24, 2.45) is 5.92 Å². The molecule has 25 heavy (non-hydrogen) atoms. The van der Waals surface area contributed by atoms with Crippen LogP contribution in [0.4, 0.5) is 5.95 Å². The van der Waals surface area contributed by atoms with Gasteiger partial charge in [0.25, 0.3) is 0 Å². The van der Waals surface area contributed by atoms with Gasteiger partial charge < -0.3 is 15.0 Å². The van der Waals surface area contributed by atoms with E-state index in [1.807, 2.05) is 18.2 Å². The topological polar surface area (TPSA) is 67.3 Å². The summed E-state index contributed by atoms with van der Waals surface area (Å²) in [5.41, 5.74) is 1.21. The highest BCUT2D eigenvalue weighted by atomic mass is 16.5. The number of piperidine rings is 1. The lowest BCUT2D eigenvalue weighted by molar-refractivity contribution is -0.125. The molecule has 2 aliphatic rings. The fourth-order valence-electron chi connectivity index (χ4n) is 3.55. The Balaban J connectivity index is 1.30. The van der Waals surface area contributed by atoms with Gasteiger partial charge in [-0.1, -0.05) is 18.2 Å². The van der Waals surface area contributed by atoms with E-state index < -0.39 is 0 Å². The fraction of sp³-hybridized carbons (Fsp3) is 0.421. The second-order valence-corrected chi connectivity index (χ2v) is 6.63. The van der Waals surface area contributed by atoms with Crippen LogP contribution >= 0.6 is 0 Å². The van der Waals surface area contributed by atoms with E-state index in [4.69, 9.17) is 4.74 Å². The molecule has 2 aliphatic heterocycles. The molecule has 1 aromatic carbocycles. The zero-order valence-corrected chi connectivity index (χ0v) is 14.1. The van der Waals surface area contributed by atoms with Crippen molar-refractivity contribution in [2.45, 2.75) is 25.4 Å². The molecule has 3 heterocycles. The number of benzene rings is 1. The van der Waals surface area contributed by atoms with Crippen LogP contribution in [0.15, 0.2) is 42.7 Å². The number of para-hydroxylation sites is 1. The molecule has 1 amide bonds. The van der Waals surface area contributed by atoms with E-state index in [9.17, 15) is 4.79 Å². The minimum Gasteiger partial charge on any atom is -0.488 e. The summed E-state index contributed by atoms with van der Waals surface area (Å²) < 4.78 is 5.89. The second-order valence-electron chi connectivity index (χ2n) is 6.63. The molecule has 0 saturated carbocycles. The summed E-state index contributed by atoms with van der Waals surface area (Å²) in [6.45, 7) is 2.11. The molecule has 2 aromatic rings. The molecule has 2 atom stereocenters. The third-order valence-electron chi connectivity index (χ3n) is 4.84. The van der Waals surface area contributed by atoms with Crippen molar-refractivity contribution in [3.63, 3.8) is 0 Å². The molecule has 6 heteroatoms. The van der Waals surface area contributed by atoms with Gasteiger partial charge in [0, 0.05) is 31.9 Å². The largest absolute Gasteiger partial charge is 0.488 e. The first kappa shape index (κ1) is 15.9. The molecule has 6 nitrogen and oxygen atoms in total. The second kappa shape index (κ2) is 7.09. The van der Waals surface area contributed by atoms with Gasteiger partial charge >= 0.3 is 0 Å². The van der Waals surface area contributed by atoms with Crippen molar-refractivity contribution in [3.8, 4) is 5.75 Å². The molecule has 0 unspecified atom stereocenters. The number of fused-ring (bicyclic) bond motifs is 1. The van der Waals surface area contributed by atoms with Gasteiger partial charge in [0.1, 0.15) is 11.9 Å². The number of ether oxygens (including phenoxy) is 1. The number of aromatic nitrogens is 2. The number of hydrogen-bond donors (Lipinski definition) is 1. The Hall–Kier alpha value is -2.63. The lowest BCUT2D eigenvalue weighted by Crippen LogP contribution is -2.45. The molecule has 1 N–H and O–H groups in total. The highest BCUT2D eigenvalue weighted by molar-refractivity contribution is 5.79. The number of carbonyl (C=O) groups excluding carboxylic acids is 1. The molecule has 4 rings (SSSR count). The van der Waals surface area contributed by atoms with Crippen LogP contribution in [0.1, 0.15) is 18.4 Å². The smallest absolute Gasteiger partial charge is 0.225 e. The predicted octanol–water partition coefficient (Wildman–Crippen LogP) is 1.81. The van der Waals surface area contributed by atoms with Crippen LogP contribution in [0, 0.1) is 5.92 Å². The van der Waals surface area contributed by atoms with Gasteiger partial charge in [-0.3, -0.25) is 4.79 Å². The summed E-state index contributed by atoms with van der Waals surface area (Å²) >= 11 is 0. The van der Waals surface area contributed by atoms with E-state index in [-0.39, 0.29) is 17.9 Å². The van der Waals surface area contributed by atoms with Gasteiger partial charge in [-0.05, 0) is 30.5 Å². The molecule has 1 saturated heterocycles. The highest BCUT2D eigenvalue weighted by Crippen LogP contribution is 2.28. The summed E-state index contributed by atoms with van der Waals surface area (Å²) in [5, 5.41) is 3.07. The third kappa shape index (κ3) is 3.57. The van der Waals surface area contributed by atoms with E-state index in [0.717, 1.165) is 31.6 Å². The molecule has 0 bridgehead atoms. The van der Waals surface area contributed by atoms with Crippen LogP contribution in [0.2, 0.25) is 0 Å². The quantitative estimate of drug-likeness (QED) is 0.921. The first-order valence-electron chi connectivity index (χ1n) is 8.84. The van der Waals surface area contributed by atoms with Crippen molar-refractivity contribution in [1.82, 2.24) is 15.3 Å². The summed E-state index contributed by atoms with van der Waals surface area (Å²) in [4.78, 5) is 23.2. The molecule has 1 aromatic heterocycles. The van der Waals surface area contributed by atoms with Crippen LogP contribution in [0.25, 0.3) is 0 Å². The molecule has 0 radical (unpaired) electrons. The van der Waals surface area contributed by atoms with Crippen molar-refractivity contribution >= 4 is 11.9 Å². The Morgan fingerprint density at radius 1 is 1.24 bits per heavy atom. The van der Waals surface area contributed by atoms with Gasteiger partial charge in [0.2, 0.25) is 11.9 Å². The van der Waals surface area contributed by atoms with Gasteiger partial charge in [-0.15, -0.1) is 0 Å². The number of nitrogens with zero attached hydrogens (tertiary/aromatic N) is 3. The average molecular weight is 338 g/mol. The minimum atomic E-state index is -0.0265. The van der Waals surface area contributed by atoms with E-state index >= 15 is 0 Å². The van der Waals surface area contributed by atoms with Gasteiger partial charge in [-0.25, -0.2) is 9.97 Å². The van der Waals surface area contributed by atoms with E-state index in [1.165, 1.54) is 5.56 Å². The van der Waals surface area contributed by atoms with Crippen LogP contribution < -0.4 is 15.0 Å². The van der Waals surface area contributed by atoms with Gasteiger partial charge in [-0.2, -0.15) is 0 Å². The summed E-state index contributed by atoms with van der Waals surface area (Å²) in [5.74, 6) is 1.71. The van der Waals surface area contributed by atoms with Crippen LogP contribution in [0.3, 0.4) is 0 Å². The standard InChI is InChI=1S/C19H22N4O2/c24-18(22-12-16-11-14-5-1-2-7-17(14)25-16)15-6-3-10-23(13-15)19-20-8-4-9-21-19/h1-2,4-5,7-9,15-16H,3,6,10-13H2,(H,22,24)/t15-,16+/m1/s1. The molecule has 1 fully saturated rings. The predicted molar refractivity (Wildman–Crippen MR) is 94.5 cm³/mol. The molecular weight excluding hydrogens is 316 g/mol. The number of nitrogens with one attached hydrogen (secondary N) is 1. The van der Waals surface area contributed by atoms with E-state index in [1.54, 1.807) is 18.5 Å². The third-order valence-corrected chi connectivity index (χ3v) is 4.84. The van der Waals surface area contributed by atoms with Crippen molar-refractivity contribution in [1.29, 1.82) is 0 Å². The highest BCUT2D eigenvalue weighted by Gasteiger charge is 2.28. The van der Waals surface area contributed by atoms with Gasteiger partial charge in [0.05, 0.1) is 12.5 Å². The zero-order valence-electron chi connectivity index (χ0n) is 14.1. The lowest BCUT2D eigenvalue weighted by atomic mass is 9.97. The number of rotatable bonds is 4. The molecular formula is C19H22N4O2.